The van der Waals surface area contributed by atoms with Crippen molar-refractivity contribution in [1.29, 1.82) is 0 Å². The Morgan fingerprint density at radius 2 is 2.05 bits per heavy atom. The molecule has 0 amide bonds. The second-order valence-corrected chi connectivity index (χ2v) is 5.53. The van der Waals surface area contributed by atoms with Gasteiger partial charge in [-0.1, -0.05) is 13.8 Å². The monoisotopic (exact) mass is 265 g/mol. The number of hydrogen-bond donors (Lipinski definition) is 1. The first-order valence-electron chi connectivity index (χ1n) is 6.73. The second kappa shape index (κ2) is 5.59. The Morgan fingerprint density at radius 1 is 1.32 bits per heavy atom. The maximum atomic E-state index is 13.6. The Bertz CT molecular complexity index is 475. The van der Waals surface area contributed by atoms with E-state index in [1.807, 2.05) is 0 Å². The zero-order valence-electron chi connectivity index (χ0n) is 11.4. The van der Waals surface area contributed by atoms with Crippen LogP contribution in [-0.4, -0.2) is 12.1 Å². The summed E-state index contributed by atoms with van der Waals surface area (Å²) in [4.78, 5) is 12.0. The van der Waals surface area contributed by atoms with Gasteiger partial charge in [0, 0.05) is 5.69 Å². The minimum absolute atomic E-state index is 0.0775. The van der Waals surface area contributed by atoms with Crippen molar-refractivity contribution >= 4 is 11.7 Å². The number of nitrogen functional groups attached to an aromatic ring is 1. The minimum Gasteiger partial charge on any atom is -0.459 e. The maximum Gasteiger partial charge on any atom is 0.341 e. The summed E-state index contributed by atoms with van der Waals surface area (Å²) in [6, 6.07) is 3.94. The third-order valence-corrected chi connectivity index (χ3v) is 4.03. The maximum absolute atomic E-state index is 13.6. The normalized spacial score (nSPS) is 27.0. The van der Waals surface area contributed by atoms with E-state index in [0.29, 0.717) is 17.5 Å². The number of esters is 1. The molecule has 2 N–H and O–H groups in total. The molecule has 3 atom stereocenters. The van der Waals surface area contributed by atoms with Gasteiger partial charge in [-0.15, -0.1) is 0 Å². The number of nitrogens with two attached hydrogens (primary N) is 1. The van der Waals surface area contributed by atoms with Crippen molar-refractivity contribution in [2.24, 2.45) is 11.8 Å². The number of halogens is 1. The first-order valence-corrected chi connectivity index (χ1v) is 6.73. The quantitative estimate of drug-likeness (QED) is 0.658. The fourth-order valence-electron chi connectivity index (χ4n) is 2.52. The number of benzene rings is 1. The fraction of sp³-hybridized carbons (Fsp3) is 0.533. The Balaban J connectivity index is 2.03. The molecule has 0 aliphatic heterocycles. The van der Waals surface area contributed by atoms with Crippen LogP contribution in [0.3, 0.4) is 0 Å². The van der Waals surface area contributed by atoms with E-state index in [4.69, 9.17) is 10.5 Å². The molecule has 1 aliphatic carbocycles. The fourth-order valence-corrected chi connectivity index (χ4v) is 2.52. The van der Waals surface area contributed by atoms with Crippen molar-refractivity contribution in [3.63, 3.8) is 0 Å². The van der Waals surface area contributed by atoms with E-state index in [2.05, 4.69) is 13.8 Å². The molecule has 0 radical (unpaired) electrons. The average molecular weight is 265 g/mol. The lowest BCUT2D eigenvalue weighted by Crippen LogP contribution is -2.29. The molecule has 1 aromatic carbocycles. The summed E-state index contributed by atoms with van der Waals surface area (Å²) in [5, 5.41) is 0. The van der Waals surface area contributed by atoms with Crippen LogP contribution in [-0.2, 0) is 4.74 Å². The third-order valence-electron chi connectivity index (χ3n) is 4.03. The molecular formula is C15H20FNO2. The van der Waals surface area contributed by atoms with Crippen molar-refractivity contribution in [2.45, 2.75) is 39.2 Å². The van der Waals surface area contributed by atoms with Gasteiger partial charge in [-0.05, 0) is 49.3 Å². The molecule has 0 aromatic heterocycles. The van der Waals surface area contributed by atoms with Gasteiger partial charge >= 0.3 is 5.97 Å². The van der Waals surface area contributed by atoms with Crippen LogP contribution >= 0.6 is 0 Å². The van der Waals surface area contributed by atoms with Crippen molar-refractivity contribution in [3.8, 4) is 0 Å². The summed E-state index contributed by atoms with van der Waals surface area (Å²) in [5.74, 6) is -0.0238. The molecule has 1 aromatic rings. The number of hydrogen-bond acceptors (Lipinski definition) is 3. The summed E-state index contributed by atoms with van der Waals surface area (Å²) in [7, 11) is 0. The highest BCUT2D eigenvalue weighted by Crippen LogP contribution is 2.31. The van der Waals surface area contributed by atoms with E-state index in [1.165, 1.54) is 18.2 Å². The molecule has 1 aliphatic rings. The van der Waals surface area contributed by atoms with Gasteiger partial charge < -0.3 is 10.5 Å². The van der Waals surface area contributed by atoms with Gasteiger partial charge in [-0.2, -0.15) is 0 Å². The molecule has 2 rings (SSSR count). The molecule has 0 bridgehead atoms. The first kappa shape index (κ1) is 13.8. The molecule has 3 unspecified atom stereocenters. The molecule has 0 spiro atoms. The van der Waals surface area contributed by atoms with Crippen LogP contribution in [0, 0.1) is 17.7 Å². The summed E-state index contributed by atoms with van der Waals surface area (Å²) < 4.78 is 19.0. The van der Waals surface area contributed by atoms with Crippen LogP contribution in [0.25, 0.3) is 0 Å². The van der Waals surface area contributed by atoms with Gasteiger partial charge in [0.05, 0.1) is 5.56 Å². The predicted octanol–water partition coefficient (Wildman–Crippen LogP) is 3.39. The molecule has 1 saturated carbocycles. The van der Waals surface area contributed by atoms with E-state index < -0.39 is 11.8 Å². The molecular weight excluding hydrogens is 245 g/mol. The van der Waals surface area contributed by atoms with E-state index in [9.17, 15) is 9.18 Å². The van der Waals surface area contributed by atoms with E-state index in [-0.39, 0.29) is 11.7 Å². The Kier molecular flexibility index (Phi) is 4.08. The summed E-state index contributed by atoms with van der Waals surface area (Å²) >= 11 is 0. The Hall–Kier alpha value is -1.58. The summed E-state index contributed by atoms with van der Waals surface area (Å²) in [6.07, 6.45) is 2.62. The van der Waals surface area contributed by atoms with Crippen molar-refractivity contribution in [2.75, 3.05) is 5.73 Å². The van der Waals surface area contributed by atoms with E-state index in [0.717, 1.165) is 19.3 Å². The second-order valence-electron chi connectivity index (χ2n) is 5.53. The lowest BCUT2D eigenvalue weighted by molar-refractivity contribution is 0.00835. The van der Waals surface area contributed by atoms with Gasteiger partial charge in [0.15, 0.2) is 0 Å². The average Bonchev–Trinajstić information content (AvgIpc) is 2.36. The van der Waals surface area contributed by atoms with Gasteiger partial charge in [0.2, 0.25) is 0 Å². The van der Waals surface area contributed by atoms with Gasteiger partial charge in [-0.25, -0.2) is 9.18 Å². The highest BCUT2D eigenvalue weighted by molar-refractivity contribution is 5.90. The van der Waals surface area contributed by atoms with Crippen LogP contribution in [0.2, 0.25) is 0 Å². The van der Waals surface area contributed by atoms with Gasteiger partial charge in [-0.3, -0.25) is 0 Å². The van der Waals surface area contributed by atoms with Crippen LogP contribution in [0.5, 0.6) is 0 Å². The van der Waals surface area contributed by atoms with Crippen LogP contribution in [0.15, 0.2) is 18.2 Å². The van der Waals surface area contributed by atoms with Crippen molar-refractivity contribution < 1.29 is 13.9 Å². The standard InChI is InChI=1S/C15H20FNO2/c1-9-3-5-12(7-10(9)2)19-15(18)13-8-11(17)4-6-14(13)16/h4,6,8-10,12H,3,5,7,17H2,1-2H3. The Labute approximate surface area is 112 Å². The smallest absolute Gasteiger partial charge is 0.341 e. The lowest BCUT2D eigenvalue weighted by atomic mass is 9.80. The zero-order chi connectivity index (χ0) is 14.0. The molecule has 3 nitrogen and oxygen atoms in total. The molecule has 0 saturated heterocycles. The number of carbonyl (C=O) groups excluding carboxylic acids is 1. The summed E-state index contributed by atoms with van der Waals surface area (Å²) in [5.41, 5.74) is 5.85. The largest absolute Gasteiger partial charge is 0.459 e. The van der Waals surface area contributed by atoms with Crippen LogP contribution in [0.4, 0.5) is 10.1 Å². The van der Waals surface area contributed by atoms with Crippen LogP contribution < -0.4 is 5.73 Å². The number of rotatable bonds is 2. The third kappa shape index (κ3) is 3.25. The van der Waals surface area contributed by atoms with Gasteiger partial charge in [0.1, 0.15) is 11.9 Å². The highest BCUT2D eigenvalue weighted by Gasteiger charge is 2.28. The van der Waals surface area contributed by atoms with Crippen LogP contribution in [0.1, 0.15) is 43.5 Å². The predicted molar refractivity (Wildman–Crippen MR) is 72.2 cm³/mol. The van der Waals surface area contributed by atoms with E-state index >= 15 is 0 Å². The molecule has 1 fully saturated rings. The molecule has 4 heteroatoms. The van der Waals surface area contributed by atoms with Crippen molar-refractivity contribution in [1.82, 2.24) is 0 Å². The number of anilines is 1. The van der Waals surface area contributed by atoms with E-state index in [1.54, 1.807) is 0 Å². The Morgan fingerprint density at radius 3 is 2.74 bits per heavy atom. The lowest BCUT2D eigenvalue weighted by Gasteiger charge is -2.31. The highest BCUT2D eigenvalue weighted by atomic mass is 19.1. The molecule has 19 heavy (non-hydrogen) atoms. The zero-order valence-corrected chi connectivity index (χ0v) is 11.4. The SMILES string of the molecule is CC1CCC(OC(=O)c2cc(N)ccc2F)CC1C. The topological polar surface area (TPSA) is 52.3 Å². The number of carbonyl (C=O) groups is 1. The molecule has 0 heterocycles. The minimum atomic E-state index is -0.614. The summed E-state index contributed by atoms with van der Waals surface area (Å²) in [6.45, 7) is 4.37. The molecule has 104 valence electrons. The number of ether oxygens (including phenoxy) is 1. The van der Waals surface area contributed by atoms with Gasteiger partial charge in [0.25, 0.3) is 0 Å². The van der Waals surface area contributed by atoms with Crippen molar-refractivity contribution in [3.05, 3.63) is 29.6 Å². The first-order chi connectivity index (χ1) is 8.97.